The van der Waals surface area contributed by atoms with Gasteiger partial charge in [-0.15, -0.1) is 0 Å². The summed E-state index contributed by atoms with van der Waals surface area (Å²) < 4.78 is 0. The van der Waals surface area contributed by atoms with E-state index in [0.717, 1.165) is 11.4 Å². The van der Waals surface area contributed by atoms with Gasteiger partial charge in [-0.25, -0.2) is 0 Å². The van der Waals surface area contributed by atoms with E-state index >= 15 is 0 Å². The first-order chi connectivity index (χ1) is 6.36. The second kappa shape index (κ2) is 3.23. The predicted molar refractivity (Wildman–Crippen MR) is 52.7 cm³/mol. The lowest BCUT2D eigenvalue weighted by molar-refractivity contribution is 0.245. The van der Waals surface area contributed by atoms with Crippen LogP contribution in [0.3, 0.4) is 0 Å². The Labute approximate surface area is 76.7 Å². The molecule has 0 amide bonds. The molecule has 1 aliphatic heterocycles. The standard InChI is InChI=1S/C10H10N2O/c11-9-3-5-10(6-4-9)12-7-1-2-8-13-12/h1-8H,11H2. The van der Waals surface area contributed by atoms with Crippen LogP contribution in [0.15, 0.2) is 48.9 Å². The number of hydrogen-bond acceptors (Lipinski definition) is 3. The molecule has 0 aromatic heterocycles. The van der Waals surface area contributed by atoms with Gasteiger partial charge < -0.3 is 10.6 Å². The molecule has 0 unspecified atom stereocenters. The Kier molecular flexibility index (Phi) is 1.92. The number of allylic oxidation sites excluding steroid dienone is 2. The number of nitrogens with two attached hydrogens (primary N) is 1. The molecule has 1 aromatic rings. The lowest BCUT2D eigenvalue weighted by atomic mass is 10.3. The molecule has 1 aromatic carbocycles. The maximum absolute atomic E-state index is 5.56. The van der Waals surface area contributed by atoms with Crippen molar-refractivity contribution in [3.63, 3.8) is 0 Å². The van der Waals surface area contributed by atoms with Gasteiger partial charge >= 0.3 is 0 Å². The van der Waals surface area contributed by atoms with Crippen molar-refractivity contribution in [2.75, 3.05) is 10.8 Å². The van der Waals surface area contributed by atoms with Crippen molar-refractivity contribution in [1.29, 1.82) is 0 Å². The van der Waals surface area contributed by atoms with Crippen molar-refractivity contribution < 1.29 is 4.84 Å². The van der Waals surface area contributed by atoms with Crippen LogP contribution >= 0.6 is 0 Å². The smallest absolute Gasteiger partial charge is 0.120 e. The number of benzene rings is 1. The lowest BCUT2D eigenvalue weighted by Gasteiger charge is -2.19. The topological polar surface area (TPSA) is 38.5 Å². The Morgan fingerprint density at radius 3 is 2.46 bits per heavy atom. The molecule has 0 atom stereocenters. The van der Waals surface area contributed by atoms with Crippen LogP contribution in [0.1, 0.15) is 0 Å². The summed E-state index contributed by atoms with van der Waals surface area (Å²) in [6.45, 7) is 0. The fraction of sp³-hybridized carbons (Fsp3) is 0. The third-order valence-electron chi connectivity index (χ3n) is 1.73. The van der Waals surface area contributed by atoms with Gasteiger partial charge in [0.25, 0.3) is 0 Å². The highest BCUT2D eigenvalue weighted by Gasteiger charge is 2.03. The first-order valence-electron chi connectivity index (χ1n) is 4.01. The van der Waals surface area contributed by atoms with Gasteiger partial charge in [-0.1, -0.05) is 0 Å². The molecule has 0 saturated heterocycles. The largest absolute Gasteiger partial charge is 0.399 e. The first kappa shape index (κ1) is 7.73. The molecular weight excluding hydrogens is 164 g/mol. The van der Waals surface area contributed by atoms with E-state index in [1.165, 1.54) is 0 Å². The molecule has 0 spiro atoms. The number of nitrogens with zero attached hydrogens (tertiary/aromatic N) is 1. The quantitative estimate of drug-likeness (QED) is 0.662. The summed E-state index contributed by atoms with van der Waals surface area (Å²) in [5, 5.41) is 1.67. The van der Waals surface area contributed by atoms with E-state index in [-0.39, 0.29) is 0 Å². The van der Waals surface area contributed by atoms with Crippen LogP contribution in [0.2, 0.25) is 0 Å². The van der Waals surface area contributed by atoms with Gasteiger partial charge in [0.1, 0.15) is 6.26 Å². The maximum Gasteiger partial charge on any atom is 0.120 e. The molecular formula is C10H10N2O. The van der Waals surface area contributed by atoms with Crippen LogP contribution in [0.5, 0.6) is 0 Å². The fourth-order valence-electron chi connectivity index (χ4n) is 1.08. The summed E-state index contributed by atoms with van der Waals surface area (Å²) in [7, 11) is 0. The monoisotopic (exact) mass is 174 g/mol. The van der Waals surface area contributed by atoms with Crippen LogP contribution in [0.25, 0.3) is 0 Å². The van der Waals surface area contributed by atoms with Gasteiger partial charge in [-0.2, -0.15) is 5.06 Å². The van der Waals surface area contributed by atoms with Gasteiger partial charge in [-0.05, 0) is 36.4 Å². The molecule has 0 aliphatic carbocycles. The number of hydroxylamine groups is 1. The molecule has 0 fully saturated rings. The lowest BCUT2D eigenvalue weighted by Crippen LogP contribution is -2.14. The van der Waals surface area contributed by atoms with Crippen molar-refractivity contribution in [2.24, 2.45) is 0 Å². The third kappa shape index (κ3) is 1.64. The number of anilines is 2. The SMILES string of the molecule is Nc1ccc(N2C=CC=CO2)cc1. The summed E-state index contributed by atoms with van der Waals surface area (Å²) in [6, 6.07) is 7.48. The van der Waals surface area contributed by atoms with E-state index in [1.54, 1.807) is 11.3 Å². The van der Waals surface area contributed by atoms with E-state index in [1.807, 2.05) is 42.6 Å². The molecule has 0 radical (unpaired) electrons. The third-order valence-corrected chi connectivity index (χ3v) is 1.73. The fourth-order valence-corrected chi connectivity index (χ4v) is 1.08. The van der Waals surface area contributed by atoms with Crippen molar-refractivity contribution in [3.05, 3.63) is 48.9 Å². The molecule has 2 rings (SSSR count). The summed E-state index contributed by atoms with van der Waals surface area (Å²) in [6.07, 6.45) is 7.19. The van der Waals surface area contributed by atoms with Crippen molar-refractivity contribution >= 4 is 11.4 Å². The highest BCUT2D eigenvalue weighted by Crippen LogP contribution is 2.18. The highest BCUT2D eigenvalue weighted by atomic mass is 16.7. The average molecular weight is 174 g/mol. The summed E-state index contributed by atoms with van der Waals surface area (Å²) in [5.74, 6) is 0. The molecule has 2 N–H and O–H groups in total. The molecule has 0 bridgehead atoms. The average Bonchev–Trinajstić information content (AvgIpc) is 2.20. The molecule has 0 saturated carbocycles. The van der Waals surface area contributed by atoms with Gasteiger partial charge in [0.05, 0.1) is 5.69 Å². The summed E-state index contributed by atoms with van der Waals surface area (Å²) >= 11 is 0. The second-order valence-electron chi connectivity index (χ2n) is 2.69. The van der Waals surface area contributed by atoms with Crippen LogP contribution < -0.4 is 10.8 Å². The molecule has 1 heterocycles. The normalized spacial score (nSPS) is 14.3. The van der Waals surface area contributed by atoms with Crippen molar-refractivity contribution in [2.45, 2.75) is 0 Å². The Bertz CT molecular complexity index is 340. The van der Waals surface area contributed by atoms with Crippen LogP contribution in [-0.4, -0.2) is 0 Å². The molecule has 3 heteroatoms. The van der Waals surface area contributed by atoms with Crippen molar-refractivity contribution in [1.82, 2.24) is 0 Å². The minimum atomic E-state index is 0.750. The molecule has 1 aliphatic rings. The van der Waals surface area contributed by atoms with E-state index in [0.29, 0.717) is 0 Å². The zero-order valence-electron chi connectivity index (χ0n) is 7.05. The van der Waals surface area contributed by atoms with E-state index in [2.05, 4.69) is 0 Å². The van der Waals surface area contributed by atoms with Gasteiger partial charge in [0, 0.05) is 11.9 Å². The maximum atomic E-state index is 5.56. The number of nitrogen functional groups attached to an aromatic ring is 1. The zero-order valence-corrected chi connectivity index (χ0v) is 7.05. The van der Waals surface area contributed by atoms with Crippen LogP contribution in [0, 0.1) is 0 Å². The number of hydrogen-bond donors (Lipinski definition) is 1. The first-order valence-corrected chi connectivity index (χ1v) is 4.01. The summed E-state index contributed by atoms with van der Waals surface area (Å²) in [5.41, 5.74) is 7.27. The van der Waals surface area contributed by atoms with Gasteiger partial charge in [0.15, 0.2) is 0 Å². The second-order valence-corrected chi connectivity index (χ2v) is 2.69. The van der Waals surface area contributed by atoms with Crippen LogP contribution in [-0.2, 0) is 4.84 Å². The van der Waals surface area contributed by atoms with Gasteiger partial charge in [0.2, 0.25) is 0 Å². The predicted octanol–water partition coefficient (Wildman–Crippen LogP) is 2.05. The zero-order chi connectivity index (χ0) is 9.10. The Hall–Kier alpha value is -1.90. The summed E-state index contributed by atoms with van der Waals surface area (Å²) in [4.78, 5) is 5.23. The Balaban J connectivity index is 2.21. The molecule has 3 nitrogen and oxygen atoms in total. The molecule has 66 valence electrons. The van der Waals surface area contributed by atoms with E-state index < -0.39 is 0 Å². The minimum absolute atomic E-state index is 0.750. The Morgan fingerprint density at radius 1 is 1.08 bits per heavy atom. The number of rotatable bonds is 1. The van der Waals surface area contributed by atoms with E-state index in [9.17, 15) is 0 Å². The van der Waals surface area contributed by atoms with Crippen molar-refractivity contribution in [3.8, 4) is 0 Å². The van der Waals surface area contributed by atoms with Gasteiger partial charge in [-0.3, -0.25) is 0 Å². The molecule has 13 heavy (non-hydrogen) atoms. The van der Waals surface area contributed by atoms with Crippen LogP contribution in [0.4, 0.5) is 11.4 Å². The van der Waals surface area contributed by atoms with E-state index in [4.69, 9.17) is 10.6 Å². The highest BCUT2D eigenvalue weighted by molar-refractivity contribution is 5.53. The minimum Gasteiger partial charge on any atom is -0.399 e. The Morgan fingerprint density at radius 2 is 1.85 bits per heavy atom.